The maximum absolute atomic E-state index is 13.0. The maximum Gasteiger partial charge on any atom is 0.417 e. The topological polar surface area (TPSA) is 116 Å². The van der Waals surface area contributed by atoms with E-state index in [4.69, 9.17) is 26.5 Å². The van der Waals surface area contributed by atoms with Gasteiger partial charge >= 0.3 is 12.2 Å². The van der Waals surface area contributed by atoms with Crippen LogP contribution in [0.25, 0.3) is 11.5 Å². The van der Waals surface area contributed by atoms with Gasteiger partial charge < -0.3 is 20.2 Å². The SMILES string of the molecule is NC(=O)c1cc(COc2ccc(-c3nnc(Nc4ccc(Cl)c(C(F)(F)F)c4)o3)cc2)ccn1. The molecule has 2 aromatic carbocycles. The van der Waals surface area contributed by atoms with E-state index in [2.05, 4.69) is 20.5 Å². The molecule has 4 aromatic rings. The fourth-order valence-electron chi connectivity index (χ4n) is 2.89. The molecule has 2 aromatic heterocycles. The van der Waals surface area contributed by atoms with Gasteiger partial charge in [0.25, 0.3) is 5.91 Å². The molecule has 0 spiro atoms. The Labute approximate surface area is 195 Å². The van der Waals surface area contributed by atoms with Crippen LogP contribution in [0, 0.1) is 0 Å². The van der Waals surface area contributed by atoms with E-state index in [0.29, 0.717) is 11.3 Å². The molecule has 0 fully saturated rings. The van der Waals surface area contributed by atoms with Crippen LogP contribution in [0.5, 0.6) is 5.75 Å². The molecular formula is C22H15ClF3N5O3. The van der Waals surface area contributed by atoms with Gasteiger partial charge in [-0.25, -0.2) is 0 Å². The summed E-state index contributed by atoms with van der Waals surface area (Å²) in [5.41, 5.74) is 5.76. The van der Waals surface area contributed by atoms with Crippen LogP contribution in [0.1, 0.15) is 21.6 Å². The first-order valence-corrected chi connectivity index (χ1v) is 10.0. The third-order valence-corrected chi connectivity index (χ3v) is 4.86. The minimum absolute atomic E-state index is 0.0891. The van der Waals surface area contributed by atoms with Crippen molar-refractivity contribution in [2.45, 2.75) is 12.8 Å². The van der Waals surface area contributed by atoms with E-state index in [1.165, 1.54) is 12.3 Å². The van der Waals surface area contributed by atoms with Crippen LogP contribution in [0.15, 0.2) is 65.2 Å². The van der Waals surface area contributed by atoms with Crippen molar-refractivity contribution in [1.29, 1.82) is 0 Å². The van der Waals surface area contributed by atoms with Crippen LogP contribution in [0.4, 0.5) is 24.9 Å². The monoisotopic (exact) mass is 489 g/mol. The predicted octanol–water partition coefficient (Wildman–Crippen LogP) is 5.23. The van der Waals surface area contributed by atoms with Crippen molar-refractivity contribution in [3.63, 3.8) is 0 Å². The van der Waals surface area contributed by atoms with Gasteiger partial charge in [-0.15, -0.1) is 5.10 Å². The normalized spacial score (nSPS) is 11.3. The van der Waals surface area contributed by atoms with E-state index in [0.717, 1.165) is 17.7 Å². The van der Waals surface area contributed by atoms with Crippen molar-refractivity contribution in [3.05, 3.63) is 82.6 Å². The summed E-state index contributed by atoms with van der Waals surface area (Å²) in [5, 5.41) is 9.93. The number of pyridine rings is 1. The lowest BCUT2D eigenvalue weighted by atomic mass is 10.2. The molecule has 34 heavy (non-hydrogen) atoms. The summed E-state index contributed by atoms with van der Waals surface area (Å²) >= 11 is 5.63. The van der Waals surface area contributed by atoms with Gasteiger partial charge in [-0.3, -0.25) is 9.78 Å². The van der Waals surface area contributed by atoms with Crippen molar-refractivity contribution >= 4 is 29.2 Å². The zero-order valence-corrected chi connectivity index (χ0v) is 17.9. The highest BCUT2D eigenvalue weighted by atomic mass is 35.5. The number of nitrogens with two attached hydrogens (primary N) is 1. The van der Waals surface area contributed by atoms with Gasteiger partial charge in [0.05, 0.1) is 10.6 Å². The molecular weight excluding hydrogens is 475 g/mol. The van der Waals surface area contributed by atoms with Crippen molar-refractivity contribution in [3.8, 4) is 17.2 Å². The smallest absolute Gasteiger partial charge is 0.417 e. The summed E-state index contributed by atoms with van der Waals surface area (Å²) in [5.74, 6) is 0.0654. The lowest BCUT2D eigenvalue weighted by Crippen LogP contribution is -2.13. The van der Waals surface area contributed by atoms with Gasteiger partial charge in [0.1, 0.15) is 18.1 Å². The number of nitrogens with one attached hydrogen (secondary N) is 1. The highest BCUT2D eigenvalue weighted by molar-refractivity contribution is 6.31. The van der Waals surface area contributed by atoms with Crippen LogP contribution in [-0.2, 0) is 12.8 Å². The minimum atomic E-state index is -4.60. The summed E-state index contributed by atoms with van der Waals surface area (Å²) in [6.07, 6.45) is -3.13. The van der Waals surface area contributed by atoms with Crippen molar-refractivity contribution in [1.82, 2.24) is 15.2 Å². The van der Waals surface area contributed by atoms with Gasteiger partial charge in [0.2, 0.25) is 5.89 Å². The average Bonchev–Trinajstić information content (AvgIpc) is 3.27. The molecule has 0 unspecified atom stereocenters. The van der Waals surface area contributed by atoms with Crippen LogP contribution >= 0.6 is 11.6 Å². The average molecular weight is 490 g/mol. The summed E-state index contributed by atoms with van der Waals surface area (Å²) in [7, 11) is 0. The first kappa shape index (κ1) is 23.1. The quantitative estimate of drug-likeness (QED) is 0.365. The largest absolute Gasteiger partial charge is 0.489 e. The highest BCUT2D eigenvalue weighted by Gasteiger charge is 2.33. The Balaban J connectivity index is 1.41. The zero-order chi connectivity index (χ0) is 24.3. The number of anilines is 2. The lowest BCUT2D eigenvalue weighted by Gasteiger charge is -2.10. The fourth-order valence-corrected chi connectivity index (χ4v) is 3.12. The highest BCUT2D eigenvalue weighted by Crippen LogP contribution is 2.36. The number of carbonyl (C=O) groups is 1. The molecule has 2 heterocycles. The Hall–Kier alpha value is -4.12. The van der Waals surface area contributed by atoms with Crippen molar-refractivity contribution in [2.75, 3.05) is 5.32 Å². The standard InChI is InChI=1S/C22H15ClF3N5O3/c23-17-6-3-14(10-16(17)22(24,25)26)29-21-31-30-20(34-21)13-1-4-15(5-2-13)33-11-12-7-8-28-18(9-12)19(27)32/h1-10H,11H2,(H2,27,32)(H,29,31). The zero-order valence-electron chi connectivity index (χ0n) is 17.1. The van der Waals surface area contributed by atoms with Gasteiger partial charge in [0, 0.05) is 17.4 Å². The number of primary amides is 1. The molecule has 0 atom stereocenters. The first-order valence-electron chi connectivity index (χ1n) is 9.64. The molecule has 0 saturated carbocycles. The molecule has 0 radical (unpaired) electrons. The summed E-state index contributed by atoms with van der Waals surface area (Å²) in [6.45, 7) is 0.192. The molecule has 12 heteroatoms. The van der Waals surface area contributed by atoms with Crippen LogP contribution in [0.2, 0.25) is 5.02 Å². The summed E-state index contributed by atoms with van der Waals surface area (Å²) in [4.78, 5) is 15.1. The second-order valence-electron chi connectivity index (χ2n) is 6.96. The van der Waals surface area contributed by atoms with Crippen molar-refractivity contribution in [2.24, 2.45) is 5.73 Å². The number of alkyl halides is 3. The molecule has 0 aliphatic carbocycles. The summed E-state index contributed by atoms with van der Waals surface area (Å²) < 4.78 is 50.3. The third kappa shape index (κ3) is 5.44. The number of benzene rings is 2. The number of amides is 1. The molecule has 0 aliphatic rings. The number of carbonyl (C=O) groups excluding carboxylic acids is 1. The molecule has 3 N–H and O–H groups in total. The lowest BCUT2D eigenvalue weighted by molar-refractivity contribution is -0.137. The Morgan fingerprint density at radius 3 is 2.56 bits per heavy atom. The molecule has 174 valence electrons. The number of aromatic nitrogens is 3. The van der Waals surface area contributed by atoms with E-state index in [1.54, 1.807) is 36.4 Å². The Morgan fingerprint density at radius 1 is 1.09 bits per heavy atom. The molecule has 0 bridgehead atoms. The van der Waals surface area contributed by atoms with E-state index in [-0.39, 0.29) is 29.9 Å². The van der Waals surface area contributed by atoms with Gasteiger partial charge in [0.15, 0.2) is 0 Å². The third-order valence-electron chi connectivity index (χ3n) is 4.53. The Bertz CT molecular complexity index is 1330. The van der Waals surface area contributed by atoms with Gasteiger partial charge in [-0.1, -0.05) is 16.7 Å². The number of rotatable bonds is 7. The number of ether oxygens (including phenoxy) is 1. The van der Waals surface area contributed by atoms with Crippen molar-refractivity contribution < 1.29 is 27.1 Å². The van der Waals surface area contributed by atoms with E-state index in [1.807, 2.05) is 0 Å². The van der Waals surface area contributed by atoms with Gasteiger partial charge in [-0.2, -0.15) is 13.2 Å². The fraction of sp³-hybridized carbons (Fsp3) is 0.0909. The molecule has 1 amide bonds. The predicted molar refractivity (Wildman–Crippen MR) is 117 cm³/mol. The van der Waals surface area contributed by atoms with Crippen LogP contribution < -0.4 is 15.8 Å². The number of halogens is 4. The van der Waals surface area contributed by atoms with E-state index < -0.39 is 22.7 Å². The second kappa shape index (κ2) is 9.40. The summed E-state index contributed by atoms with van der Waals surface area (Å²) in [6, 6.07) is 13.2. The molecule has 0 saturated heterocycles. The van der Waals surface area contributed by atoms with E-state index >= 15 is 0 Å². The maximum atomic E-state index is 13.0. The number of hydrogen-bond donors (Lipinski definition) is 2. The van der Waals surface area contributed by atoms with Gasteiger partial charge in [-0.05, 0) is 60.2 Å². The first-order chi connectivity index (χ1) is 16.2. The molecule has 8 nitrogen and oxygen atoms in total. The van der Waals surface area contributed by atoms with E-state index in [9.17, 15) is 18.0 Å². The number of nitrogens with zero attached hydrogens (tertiary/aromatic N) is 3. The number of hydrogen-bond acceptors (Lipinski definition) is 7. The second-order valence-corrected chi connectivity index (χ2v) is 7.36. The van der Waals surface area contributed by atoms with Crippen LogP contribution in [-0.4, -0.2) is 21.1 Å². The Kier molecular flexibility index (Phi) is 6.37. The van der Waals surface area contributed by atoms with Crippen LogP contribution in [0.3, 0.4) is 0 Å². The Morgan fingerprint density at radius 2 is 1.85 bits per heavy atom. The molecule has 4 rings (SSSR count). The molecule has 0 aliphatic heterocycles. The minimum Gasteiger partial charge on any atom is -0.489 e.